The van der Waals surface area contributed by atoms with Crippen LogP contribution in [0.25, 0.3) is 55.0 Å². The molecule has 5 aromatic rings. The number of hydrogen-bond donors (Lipinski definition) is 0. The second-order valence-electron chi connectivity index (χ2n) is 8.05. The molecule has 0 N–H and O–H groups in total. The molecule has 0 saturated carbocycles. The van der Waals surface area contributed by atoms with Crippen LogP contribution in [-0.4, -0.2) is 0 Å². The van der Waals surface area contributed by atoms with Crippen LogP contribution < -0.4 is 10.4 Å². The number of benzene rings is 3. The van der Waals surface area contributed by atoms with Gasteiger partial charge in [0.1, 0.15) is 58.7 Å². The summed E-state index contributed by atoms with van der Waals surface area (Å²) in [6, 6.07) is 18.6. The van der Waals surface area contributed by atoms with Crippen LogP contribution in [0.3, 0.4) is 0 Å². The minimum absolute atomic E-state index is 0.0671. The molecular formula is C28H10N6O2. The van der Waals surface area contributed by atoms with E-state index in [1.807, 2.05) is 24.3 Å². The molecule has 0 aliphatic rings. The van der Waals surface area contributed by atoms with Crippen molar-refractivity contribution in [2.75, 3.05) is 0 Å². The number of nitriles is 6. The summed E-state index contributed by atoms with van der Waals surface area (Å²) in [6.07, 6.45) is 0. The van der Waals surface area contributed by atoms with Crippen LogP contribution in [0, 0.1) is 81.8 Å². The Bertz CT molecular complexity index is 2040. The third kappa shape index (κ3) is 2.62. The number of hydrogen-bond acceptors (Lipinski definition) is 8. The highest BCUT2D eigenvalue weighted by molar-refractivity contribution is 6.19. The molecule has 0 unspecified atom stereocenters. The highest BCUT2D eigenvalue weighted by Crippen LogP contribution is 2.35. The van der Waals surface area contributed by atoms with Gasteiger partial charge in [-0.2, -0.15) is 31.6 Å². The first-order valence-electron chi connectivity index (χ1n) is 10.5. The van der Waals surface area contributed by atoms with Gasteiger partial charge in [-0.1, -0.05) is 24.3 Å². The van der Waals surface area contributed by atoms with Gasteiger partial charge in [0.2, 0.25) is 0 Å². The van der Waals surface area contributed by atoms with Crippen LogP contribution in [0.4, 0.5) is 0 Å². The second-order valence-corrected chi connectivity index (χ2v) is 8.05. The summed E-state index contributed by atoms with van der Waals surface area (Å²) in [5, 5.41) is 60.5. The predicted molar refractivity (Wildman–Crippen MR) is 128 cm³/mol. The molecule has 0 atom stereocenters. The van der Waals surface area contributed by atoms with Crippen LogP contribution in [0.1, 0.15) is 22.3 Å². The summed E-state index contributed by atoms with van der Waals surface area (Å²) in [4.78, 5) is 0. The fourth-order valence-corrected chi connectivity index (χ4v) is 4.62. The third-order valence-corrected chi connectivity index (χ3v) is 6.26. The smallest absolute Gasteiger partial charge is 0.153 e. The van der Waals surface area contributed by atoms with E-state index in [1.165, 1.54) is 0 Å². The van der Waals surface area contributed by atoms with Crippen molar-refractivity contribution in [1.29, 1.82) is 31.6 Å². The summed E-state index contributed by atoms with van der Waals surface area (Å²) in [5.74, 6) is 0. The molecule has 0 bridgehead atoms. The SMILES string of the molecule is Cc1ccc2c(oc3c(=C(C#N)C#N)c4c(oc5c(C#N)c(C)ccc54)c(=C(C#N)C#N)c32)c1C#N. The normalized spacial score (nSPS) is 10.3. The van der Waals surface area contributed by atoms with Crippen LogP contribution >= 0.6 is 0 Å². The Hall–Kier alpha value is -6.06. The van der Waals surface area contributed by atoms with Crippen molar-refractivity contribution in [2.45, 2.75) is 13.8 Å². The molecule has 5 rings (SSSR count). The van der Waals surface area contributed by atoms with Crippen LogP contribution in [-0.2, 0) is 0 Å². The molecule has 2 heterocycles. The van der Waals surface area contributed by atoms with E-state index < -0.39 is 0 Å². The molecule has 2 aromatic heterocycles. The maximum absolute atomic E-state index is 9.85. The monoisotopic (exact) mass is 462 g/mol. The molecule has 8 heteroatoms. The lowest BCUT2D eigenvalue weighted by Gasteiger charge is -2.00. The topological polar surface area (TPSA) is 169 Å². The van der Waals surface area contributed by atoms with E-state index in [2.05, 4.69) is 12.1 Å². The van der Waals surface area contributed by atoms with Crippen molar-refractivity contribution in [1.82, 2.24) is 0 Å². The zero-order valence-electron chi connectivity index (χ0n) is 18.8. The van der Waals surface area contributed by atoms with Crippen molar-refractivity contribution in [3.05, 3.63) is 57.0 Å². The van der Waals surface area contributed by atoms with Crippen molar-refractivity contribution in [3.63, 3.8) is 0 Å². The molecule has 36 heavy (non-hydrogen) atoms. The van der Waals surface area contributed by atoms with E-state index >= 15 is 0 Å². The molecule has 164 valence electrons. The lowest BCUT2D eigenvalue weighted by molar-refractivity contribution is 0.658. The fraction of sp³-hybridized carbons (Fsp3) is 0.0714. The van der Waals surface area contributed by atoms with Gasteiger partial charge in [0, 0.05) is 21.5 Å². The first-order valence-corrected chi connectivity index (χ1v) is 10.5. The van der Waals surface area contributed by atoms with Gasteiger partial charge in [0.05, 0.1) is 21.6 Å². The van der Waals surface area contributed by atoms with Gasteiger partial charge in [-0.15, -0.1) is 0 Å². The van der Waals surface area contributed by atoms with Gasteiger partial charge in [0.25, 0.3) is 0 Å². The Morgan fingerprint density at radius 1 is 0.556 bits per heavy atom. The number of furan rings is 2. The third-order valence-electron chi connectivity index (χ3n) is 6.26. The van der Waals surface area contributed by atoms with E-state index in [9.17, 15) is 31.6 Å². The molecular weight excluding hydrogens is 452 g/mol. The predicted octanol–water partition coefficient (Wildman–Crippen LogP) is 4.24. The van der Waals surface area contributed by atoms with E-state index in [0.29, 0.717) is 21.9 Å². The number of aryl methyl sites for hydroxylation is 2. The molecule has 8 nitrogen and oxygen atoms in total. The molecule has 0 amide bonds. The summed E-state index contributed by atoms with van der Waals surface area (Å²) < 4.78 is 12.3. The second kappa shape index (κ2) is 7.76. The van der Waals surface area contributed by atoms with Gasteiger partial charge in [-0.3, -0.25) is 0 Å². The maximum Gasteiger partial charge on any atom is 0.153 e. The summed E-state index contributed by atoms with van der Waals surface area (Å²) in [5.41, 5.74) is 1.74. The van der Waals surface area contributed by atoms with Crippen LogP contribution in [0.5, 0.6) is 0 Å². The Kier molecular flexibility index (Phi) is 4.70. The Morgan fingerprint density at radius 3 is 1.22 bits per heavy atom. The average molecular weight is 462 g/mol. The molecule has 0 fully saturated rings. The van der Waals surface area contributed by atoms with Crippen LogP contribution in [0.15, 0.2) is 33.1 Å². The van der Waals surface area contributed by atoms with E-state index in [-0.39, 0.29) is 65.8 Å². The van der Waals surface area contributed by atoms with Crippen molar-refractivity contribution in [3.8, 4) is 36.4 Å². The number of rotatable bonds is 0. The van der Waals surface area contributed by atoms with Gasteiger partial charge < -0.3 is 8.83 Å². The molecule has 0 radical (unpaired) electrons. The Morgan fingerprint density at radius 2 is 0.917 bits per heavy atom. The standard InChI is InChI=1S/C28H10N6O2/c1-13-3-5-17-23-21(15(7-29)8-30)28-24(18-6-4-14(2)20(12-34)26(18)36-28)22(16(9-31)10-32)27(23)35-25(17)19(13)11-33/h3-6H,1-2H3. The van der Waals surface area contributed by atoms with Crippen molar-refractivity contribution < 1.29 is 8.83 Å². The summed E-state index contributed by atoms with van der Waals surface area (Å²) in [6.45, 7) is 3.48. The zero-order valence-corrected chi connectivity index (χ0v) is 18.8. The molecule has 3 aromatic carbocycles. The first-order chi connectivity index (χ1) is 17.4. The largest absolute Gasteiger partial charge is 0.454 e. The molecule has 0 spiro atoms. The Labute approximate surface area is 202 Å². The van der Waals surface area contributed by atoms with Crippen LogP contribution in [0.2, 0.25) is 0 Å². The zero-order chi connectivity index (χ0) is 25.7. The lowest BCUT2D eigenvalue weighted by Crippen LogP contribution is -2.16. The minimum Gasteiger partial charge on any atom is -0.454 e. The lowest BCUT2D eigenvalue weighted by atomic mass is 9.97. The average Bonchev–Trinajstić information content (AvgIpc) is 3.45. The number of nitrogens with zero attached hydrogens (tertiary/aromatic N) is 6. The quantitative estimate of drug-likeness (QED) is 0.329. The summed E-state index contributed by atoms with van der Waals surface area (Å²) >= 11 is 0. The van der Waals surface area contributed by atoms with Gasteiger partial charge in [0.15, 0.2) is 11.2 Å². The van der Waals surface area contributed by atoms with Crippen molar-refractivity contribution >= 4 is 55.0 Å². The fourth-order valence-electron chi connectivity index (χ4n) is 4.62. The van der Waals surface area contributed by atoms with E-state index in [4.69, 9.17) is 8.83 Å². The number of fused-ring (bicyclic) bond motifs is 6. The highest BCUT2D eigenvalue weighted by atomic mass is 16.3. The summed E-state index contributed by atoms with van der Waals surface area (Å²) in [7, 11) is 0. The van der Waals surface area contributed by atoms with E-state index in [0.717, 1.165) is 0 Å². The first kappa shape index (κ1) is 21.8. The van der Waals surface area contributed by atoms with E-state index in [1.54, 1.807) is 38.1 Å². The van der Waals surface area contributed by atoms with Crippen molar-refractivity contribution in [2.24, 2.45) is 0 Å². The molecule has 0 aliphatic carbocycles. The van der Waals surface area contributed by atoms with Gasteiger partial charge in [-0.05, 0) is 25.0 Å². The minimum atomic E-state index is -0.289. The van der Waals surface area contributed by atoms with Gasteiger partial charge in [-0.25, -0.2) is 0 Å². The Balaban J connectivity index is 2.38. The highest BCUT2D eigenvalue weighted by Gasteiger charge is 2.25. The maximum atomic E-state index is 9.85. The van der Waals surface area contributed by atoms with Gasteiger partial charge >= 0.3 is 0 Å². The molecule has 0 aliphatic heterocycles. The molecule has 0 saturated heterocycles.